The number of aliphatic hydroxyl groups excluding tert-OH is 1. The van der Waals surface area contributed by atoms with Gasteiger partial charge in [-0.1, -0.05) is 24.3 Å². The molecule has 1 saturated heterocycles. The normalized spacial score (nSPS) is 14.8. The van der Waals surface area contributed by atoms with E-state index in [0.29, 0.717) is 30.2 Å². The van der Waals surface area contributed by atoms with Crippen LogP contribution in [0.3, 0.4) is 0 Å². The maximum Gasteiger partial charge on any atom is 0.224 e. The van der Waals surface area contributed by atoms with Gasteiger partial charge in [0.1, 0.15) is 0 Å². The summed E-state index contributed by atoms with van der Waals surface area (Å²) in [4.78, 5) is 19.8. The van der Waals surface area contributed by atoms with Crippen molar-refractivity contribution < 1.29 is 9.84 Å². The van der Waals surface area contributed by atoms with Gasteiger partial charge in [-0.2, -0.15) is 9.97 Å². The number of nitrogens with zero attached hydrogens (tertiary/aromatic N) is 5. The van der Waals surface area contributed by atoms with Crippen LogP contribution in [0, 0.1) is 0 Å². The van der Waals surface area contributed by atoms with E-state index < -0.39 is 0 Å². The Balaban J connectivity index is 1.81. The van der Waals surface area contributed by atoms with Crippen molar-refractivity contribution in [3.05, 3.63) is 36.0 Å². The maximum absolute atomic E-state index is 9.17. The molecule has 0 bridgehead atoms. The highest BCUT2D eigenvalue weighted by Gasteiger charge is 2.19. The molecule has 0 atom stereocenters. The summed E-state index contributed by atoms with van der Waals surface area (Å²) in [5, 5.41) is 9.17. The molecule has 3 aromatic rings. The number of benzene rings is 1. The average Bonchev–Trinajstić information content (AvgIpc) is 2.68. The Labute approximate surface area is 144 Å². The highest BCUT2D eigenvalue weighted by atomic mass is 16.5. The summed E-state index contributed by atoms with van der Waals surface area (Å²) in [5.74, 6) is 0.871. The first-order valence-electron chi connectivity index (χ1n) is 8.08. The van der Waals surface area contributed by atoms with Gasteiger partial charge in [-0.05, 0) is 5.56 Å². The van der Waals surface area contributed by atoms with Gasteiger partial charge in [-0.3, -0.25) is 0 Å². The second-order valence-electron chi connectivity index (χ2n) is 5.79. The van der Waals surface area contributed by atoms with Gasteiger partial charge in [0.15, 0.2) is 17.0 Å². The smallest absolute Gasteiger partial charge is 0.224 e. The number of nitrogens with two attached hydrogens (primary N) is 1. The number of fused-ring (bicyclic) bond motifs is 1. The van der Waals surface area contributed by atoms with E-state index in [1.54, 1.807) is 6.20 Å². The van der Waals surface area contributed by atoms with Crippen molar-refractivity contribution in [3.63, 3.8) is 0 Å². The van der Waals surface area contributed by atoms with Crippen LogP contribution in [0.4, 0.5) is 11.8 Å². The van der Waals surface area contributed by atoms with Gasteiger partial charge in [-0.15, -0.1) is 0 Å². The van der Waals surface area contributed by atoms with Crippen LogP contribution in [0.15, 0.2) is 30.5 Å². The van der Waals surface area contributed by atoms with Crippen molar-refractivity contribution >= 4 is 22.9 Å². The number of hydrogen-bond donors (Lipinski definition) is 2. The van der Waals surface area contributed by atoms with Crippen molar-refractivity contribution in [2.45, 2.75) is 6.61 Å². The Morgan fingerprint density at radius 3 is 2.56 bits per heavy atom. The van der Waals surface area contributed by atoms with Gasteiger partial charge in [-0.25, -0.2) is 9.97 Å². The first kappa shape index (κ1) is 15.7. The third-order valence-electron chi connectivity index (χ3n) is 4.15. The molecule has 1 aromatic carbocycles. The minimum Gasteiger partial charge on any atom is -0.392 e. The van der Waals surface area contributed by atoms with Crippen molar-refractivity contribution in [3.8, 4) is 11.3 Å². The Kier molecular flexibility index (Phi) is 4.12. The molecule has 1 fully saturated rings. The first-order chi connectivity index (χ1) is 12.2. The SMILES string of the molecule is Nc1nc(N2CCOCC2)c2nc(-c3ccc(CO)cc3)cnc2n1. The molecule has 0 unspecified atom stereocenters. The summed E-state index contributed by atoms with van der Waals surface area (Å²) in [6.45, 7) is 2.74. The molecular weight excluding hydrogens is 320 g/mol. The summed E-state index contributed by atoms with van der Waals surface area (Å²) in [7, 11) is 0. The zero-order chi connectivity index (χ0) is 17.2. The monoisotopic (exact) mass is 338 g/mol. The summed E-state index contributed by atoms with van der Waals surface area (Å²) < 4.78 is 5.41. The molecule has 2 aromatic heterocycles. The van der Waals surface area contributed by atoms with Gasteiger partial charge in [0.05, 0.1) is 31.7 Å². The molecule has 1 aliphatic rings. The molecule has 0 spiro atoms. The summed E-state index contributed by atoms with van der Waals surface area (Å²) in [6, 6.07) is 7.55. The molecular formula is C17H18N6O2. The van der Waals surface area contributed by atoms with Crippen LogP contribution in [0.25, 0.3) is 22.4 Å². The van der Waals surface area contributed by atoms with Crippen molar-refractivity contribution in [1.82, 2.24) is 19.9 Å². The highest BCUT2D eigenvalue weighted by molar-refractivity contribution is 5.85. The Morgan fingerprint density at radius 2 is 1.84 bits per heavy atom. The molecule has 1 aliphatic heterocycles. The lowest BCUT2D eigenvalue weighted by Gasteiger charge is -2.28. The Bertz CT molecular complexity index is 894. The molecule has 0 aliphatic carbocycles. The first-order valence-corrected chi connectivity index (χ1v) is 8.08. The fraction of sp³-hybridized carbons (Fsp3) is 0.294. The zero-order valence-electron chi connectivity index (χ0n) is 13.6. The van der Waals surface area contributed by atoms with Gasteiger partial charge in [0, 0.05) is 18.7 Å². The number of rotatable bonds is 3. The second-order valence-corrected chi connectivity index (χ2v) is 5.79. The van der Waals surface area contributed by atoms with E-state index in [1.807, 2.05) is 24.3 Å². The van der Waals surface area contributed by atoms with E-state index in [4.69, 9.17) is 15.5 Å². The Morgan fingerprint density at radius 1 is 1.08 bits per heavy atom. The third kappa shape index (κ3) is 3.09. The number of nitrogen functional groups attached to an aromatic ring is 1. The molecule has 25 heavy (non-hydrogen) atoms. The van der Waals surface area contributed by atoms with E-state index >= 15 is 0 Å². The standard InChI is InChI=1S/C17H18N6O2/c18-17-21-15-14(16(22-17)23-5-7-25-8-6-23)20-13(9-19-15)12-3-1-11(10-24)2-4-12/h1-4,9,24H,5-8,10H2,(H2,18,19,21,22). The number of morpholine rings is 1. The van der Waals surface area contributed by atoms with E-state index in [2.05, 4.69) is 19.9 Å². The van der Waals surface area contributed by atoms with Gasteiger partial charge in [0.2, 0.25) is 5.95 Å². The third-order valence-corrected chi connectivity index (χ3v) is 4.15. The minimum atomic E-state index is 0.0119. The molecule has 0 radical (unpaired) electrons. The minimum absolute atomic E-state index is 0.0119. The quantitative estimate of drug-likeness (QED) is 0.728. The lowest BCUT2D eigenvalue weighted by Crippen LogP contribution is -2.37. The van der Waals surface area contributed by atoms with Crippen molar-refractivity contribution in [1.29, 1.82) is 0 Å². The van der Waals surface area contributed by atoms with Gasteiger partial charge >= 0.3 is 0 Å². The number of ether oxygens (including phenoxy) is 1. The molecule has 128 valence electrons. The number of aliphatic hydroxyl groups is 1. The second kappa shape index (κ2) is 6.58. The van der Waals surface area contributed by atoms with Crippen LogP contribution in [0.5, 0.6) is 0 Å². The van der Waals surface area contributed by atoms with Crippen LogP contribution in [-0.4, -0.2) is 51.3 Å². The van der Waals surface area contributed by atoms with Crippen molar-refractivity contribution in [2.75, 3.05) is 36.9 Å². The Hall–Kier alpha value is -2.84. The largest absolute Gasteiger partial charge is 0.392 e. The number of aromatic nitrogens is 4. The van der Waals surface area contributed by atoms with Crippen LogP contribution in [-0.2, 0) is 11.3 Å². The molecule has 8 nitrogen and oxygen atoms in total. The predicted octanol–water partition coefficient (Wildman–Crippen LogP) is 0.998. The fourth-order valence-corrected chi connectivity index (χ4v) is 2.83. The lowest BCUT2D eigenvalue weighted by molar-refractivity contribution is 0.122. The van der Waals surface area contributed by atoms with E-state index in [0.717, 1.165) is 29.9 Å². The molecule has 3 N–H and O–H groups in total. The number of hydrogen-bond acceptors (Lipinski definition) is 8. The summed E-state index contributed by atoms with van der Waals surface area (Å²) >= 11 is 0. The summed E-state index contributed by atoms with van der Waals surface area (Å²) in [5.41, 5.74) is 9.43. The van der Waals surface area contributed by atoms with E-state index in [9.17, 15) is 5.11 Å². The van der Waals surface area contributed by atoms with Crippen LogP contribution >= 0.6 is 0 Å². The van der Waals surface area contributed by atoms with Crippen LogP contribution in [0.2, 0.25) is 0 Å². The maximum atomic E-state index is 9.17. The van der Waals surface area contributed by atoms with E-state index in [1.165, 1.54) is 0 Å². The molecule has 3 heterocycles. The van der Waals surface area contributed by atoms with Crippen LogP contribution < -0.4 is 10.6 Å². The average molecular weight is 338 g/mol. The summed E-state index contributed by atoms with van der Waals surface area (Å²) in [6.07, 6.45) is 1.67. The van der Waals surface area contributed by atoms with Crippen LogP contribution in [0.1, 0.15) is 5.56 Å². The fourth-order valence-electron chi connectivity index (χ4n) is 2.83. The van der Waals surface area contributed by atoms with E-state index in [-0.39, 0.29) is 12.6 Å². The lowest BCUT2D eigenvalue weighted by atomic mass is 10.1. The number of anilines is 2. The highest BCUT2D eigenvalue weighted by Crippen LogP contribution is 2.26. The molecule has 8 heteroatoms. The van der Waals surface area contributed by atoms with Crippen molar-refractivity contribution in [2.24, 2.45) is 0 Å². The van der Waals surface area contributed by atoms with Gasteiger partial charge < -0.3 is 20.5 Å². The topological polar surface area (TPSA) is 110 Å². The molecule has 0 amide bonds. The predicted molar refractivity (Wildman–Crippen MR) is 93.9 cm³/mol. The zero-order valence-corrected chi connectivity index (χ0v) is 13.6. The molecule has 4 rings (SSSR count). The molecule has 0 saturated carbocycles. The van der Waals surface area contributed by atoms with Gasteiger partial charge in [0.25, 0.3) is 0 Å².